The van der Waals surface area contributed by atoms with E-state index in [1.165, 1.54) is 24.1 Å². The summed E-state index contributed by atoms with van der Waals surface area (Å²) in [4.78, 5) is 14.7. The Hall–Kier alpha value is -2.49. The molecule has 1 fully saturated rings. The third-order valence-electron chi connectivity index (χ3n) is 5.23. The van der Waals surface area contributed by atoms with E-state index in [4.69, 9.17) is 4.74 Å². The molecule has 1 N–H and O–H groups in total. The number of carbonyl (C=O) groups is 1. The fraction of sp³-hybridized carbons (Fsp3) is 0.435. The molecule has 27 heavy (non-hydrogen) atoms. The van der Waals surface area contributed by atoms with Crippen LogP contribution in [0.4, 0.5) is 11.4 Å². The van der Waals surface area contributed by atoms with E-state index < -0.39 is 0 Å². The summed E-state index contributed by atoms with van der Waals surface area (Å²) in [5.74, 6) is 0.978. The van der Waals surface area contributed by atoms with Crippen LogP contribution in [0.25, 0.3) is 0 Å². The standard InChI is InChI=1S/C23H30N2O2/c1-18-17-20(25-15-5-6-16-25)11-14-22(18)24-23(26)8-4-3-7-19-9-12-21(27-2)13-10-19/h9-14,17H,3-8,15-16H2,1-2H3,(H,24,26). The molecule has 0 aliphatic carbocycles. The lowest BCUT2D eigenvalue weighted by Gasteiger charge is -2.19. The van der Waals surface area contributed by atoms with E-state index in [1.54, 1.807) is 7.11 Å². The lowest BCUT2D eigenvalue weighted by Crippen LogP contribution is -2.18. The Morgan fingerprint density at radius 3 is 2.48 bits per heavy atom. The van der Waals surface area contributed by atoms with Gasteiger partial charge in [0.1, 0.15) is 5.75 Å². The predicted octanol–water partition coefficient (Wildman–Crippen LogP) is 4.96. The highest BCUT2D eigenvalue weighted by Crippen LogP contribution is 2.25. The molecule has 4 nitrogen and oxygen atoms in total. The van der Waals surface area contributed by atoms with Crippen LogP contribution >= 0.6 is 0 Å². The first kappa shape index (κ1) is 19.3. The van der Waals surface area contributed by atoms with Crippen molar-refractivity contribution in [2.45, 2.75) is 45.4 Å². The first-order chi connectivity index (χ1) is 13.2. The highest BCUT2D eigenvalue weighted by atomic mass is 16.5. The number of nitrogens with one attached hydrogen (secondary N) is 1. The third-order valence-corrected chi connectivity index (χ3v) is 5.23. The van der Waals surface area contributed by atoms with E-state index in [1.807, 2.05) is 18.2 Å². The second-order valence-corrected chi connectivity index (χ2v) is 7.30. The molecule has 1 heterocycles. The molecule has 4 heteroatoms. The Balaban J connectivity index is 1.42. The number of hydrogen-bond donors (Lipinski definition) is 1. The van der Waals surface area contributed by atoms with Crippen LogP contribution in [0.15, 0.2) is 42.5 Å². The van der Waals surface area contributed by atoms with Gasteiger partial charge in [0, 0.05) is 30.9 Å². The maximum Gasteiger partial charge on any atom is 0.224 e. The SMILES string of the molecule is COc1ccc(CCCCC(=O)Nc2ccc(N3CCCC3)cc2C)cc1. The number of amides is 1. The Labute approximate surface area is 162 Å². The van der Waals surface area contributed by atoms with Crippen molar-refractivity contribution in [1.29, 1.82) is 0 Å². The number of benzene rings is 2. The summed E-state index contributed by atoms with van der Waals surface area (Å²) in [6.45, 7) is 4.34. The zero-order valence-electron chi connectivity index (χ0n) is 16.5. The molecular formula is C23H30N2O2. The molecule has 144 valence electrons. The molecule has 0 saturated carbocycles. The third kappa shape index (κ3) is 5.49. The first-order valence-corrected chi connectivity index (χ1v) is 9.94. The number of nitrogens with zero attached hydrogens (tertiary/aromatic N) is 1. The van der Waals surface area contributed by atoms with Crippen molar-refractivity contribution in [3.8, 4) is 5.75 Å². The van der Waals surface area contributed by atoms with Crippen LogP contribution in [0.5, 0.6) is 5.75 Å². The number of rotatable bonds is 8. The molecule has 1 amide bonds. The molecule has 0 aromatic heterocycles. The number of aryl methyl sites for hydroxylation is 2. The van der Waals surface area contributed by atoms with E-state index in [0.29, 0.717) is 6.42 Å². The second kappa shape index (κ2) is 9.45. The number of anilines is 2. The number of unbranched alkanes of at least 4 members (excludes halogenated alkanes) is 1. The van der Waals surface area contributed by atoms with Crippen LogP contribution < -0.4 is 15.0 Å². The summed E-state index contributed by atoms with van der Waals surface area (Å²) in [6, 6.07) is 14.5. The van der Waals surface area contributed by atoms with E-state index in [2.05, 4.69) is 41.4 Å². The molecule has 0 atom stereocenters. The molecule has 1 aliphatic heterocycles. The van der Waals surface area contributed by atoms with Gasteiger partial charge in [-0.15, -0.1) is 0 Å². The Morgan fingerprint density at radius 1 is 1.07 bits per heavy atom. The van der Waals surface area contributed by atoms with Gasteiger partial charge in [0.15, 0.2) is 0 Å². The molecule has 1 saturated heterocycles. The normalized spacial score (nSPS) is 13.6. The highest BCUT2D eigenvalue weighted by Gasteiger charge is 2.13. The van der Waals surface area contributed by atoms with Gasteiger partial charge in [0.25, 0.3) is 0 Å². The fourth-order valence-corrected chi connectivity index (χ4v) is 3.58. The molecule has 0 unspecified atom stereocenters. The average Bonchev–Trinajstić information content (AvgIpc) is 3.22. The zero-order valence-corrected chi connectivity index (χ0v) is 16.5. The molecule has 0 radical (unpaired) electrons. The maximum atomic E-state index is 12.3. The number of ether oxygens (including phenoxy) is 1. The van der Waals surface area contributed by atoms with Gasteiger partial charge in [-0.3, -0.25) is 4.79 Å². The van der Waals surface area contributed by atoms with Gasteiger partial charge in [0.2, 0.25) is 5.91 Å². The minimum absolute atomic E-state index is 0.0988. The largest absolute Gasteiger partial charge is 0.497 e. The van der Waals surface area contributed by atoms with Crippen molar-refractivity contribution < 1.29 is 9.53 Å². The minimum Gasteiger partial charge on any atom is -0.497 e. The van der Waals surface area contributed by atoms with Crippen molar-refractivity contribution >= 4 is 17.3 Å². The van der Waals surface area contributed by atoms with Crippen LogP contribution in [0.1, 0.15) is 43.2 Å². The molecule has 2 aromatic carbocycles. The zero-order chi connectivity index (χ0) is 19.1. The van der Waals surface area contributed by atoms with Crippen LogP contribution in [-0.2, 0) is 11.2 Å². The van der Waals surface area contributed by atoms with Crippen LogP contribution in [0, 0.1) is 6.92 Å². The van der Waals surface area contributed by atoms with Crippen molar-refractivity contribution in [3.63, 3.8) is 0 Å². The van der Waals surface area contributed by atoms with Gasteiger partial charge < -0.3 is 15.0 Å². The number of hydrogen-bond acceptors (Lipinski definition) is 3. The summed E-state index contributed by atoms with van der Waals surface area (Å²) in [6.07, 6.45) is 5.99. The lowest BCUT2D eigenvalue weighted by atomic mass is 10.1. The first-order valence-electron chi connectivity index (χ1n) is 9.94. The van der Waals surface area contributed by atoms with Crippen LogP contribution in [0.2, 0.25) is 0 Å². The van der Waals surface area contributed by atoms with Gasteiger partial charge in [-0.25, -0.2) is 0 Å². The van der Waals surface area contributed by atoms with E-state index in [0.717, 1.165) is 49.4 Å². The summed E-state index contributed by atoms with van der Waals surface area (Å²) >= 11 is 0. The molecule has 3 rings (SSSR count). The highest BCUT2D eigenvalue weighted by molar-refractivity contribution is 5.91. The topological polar surface area (TPSA) is 41.6 Å². The summed E-state index contributed by atoms with van der Waals surface area (Å²) < 4.78 is 5.17. The smallest absolute Gasteiger partial charge is 0.224 e. The molecular weight excluding hydrogens is 336 g/mol. The number of methoxy groups -OCH3 is 1. The Morgan fingerprint density at radius 2 is 1.81 bits per heavy atom. The molecule has 0 bridgehead atoms. The minimum atomic E-state index is 0.0988. The Bertz CT molecular complexity index is 749. The molecule has 0 spiro atoms. The molecule has 2 aromatic rings. The van der Waals surface area contributed by atoms with Crippen molar-refractivity contribution in [1.82, 2.24) is 0 Å². The average molecular weight is 367 g/mol. The van der Waals surface area contributed by atoms with Crippen LogP contribution in [0.3, 0.4) is 0 Å². The van der Waals surface area contributed by atoms with Crippen molar-refractivity contribution in [3.05, 3.63) is 53.6 Å². The van der Waals surface area contributed by atoms with Crippen molar-refractivity contribution in [2.24, 2.45) is 0 Å². The van der Waals surface area contributed by atoms with Crippen LogP contribution in [-0.4, -0.2) is 26.1 Å². The lowest BCUT2D eigenvalue weighted by molar-refractivity contribution is -0.116. The van der Waals surface area contributed by atoms with Gasteiger partial charge in [0.05, 0.1) is 7.11 Å². The van der Waals surface area contributed by atoms with Gasteiger partial charge >= 0.3 is 0 Å². The van der Waals surface area contributed by atoms with Gasteiger partial charge in [-0.1, -0.05) is 12.1 Å². The van der Waals surface area contributed by atoms with Gasteiger partial charge in [-0.2, -0.15) is 0 Å². The summed E-state index contributed by atoms with van der Waals surface area (Å²) in [7, 11) is 1.68. The van der Waals surface area contributed by atoms with E-state index >= 15 is 0 Å². The monoisotopic (exact) mass is 366 g/mol. The van der Waals surface area contributed by atoms with E-state index in [9.17, 15) is 4.79 Å². The quantitative estimate of drug-likeness (QED) is 0.672. The predicted molar refractivity (Wildman–Crippen MR) is 112 cm³/mol. The summed E-state index contributed by atoms with van der Waals surface area (Å²) in [5, 5.41) is 3.07. The Kier molecular flexibility index (Phi) is 6.74. The number of carbonyl (C=O) groups excluding carboxylic acids is 1. The van der Waals surface area contributed by atoms with E-state index in [-0.39, 0.29) is 5.91 Å². The van der Waals surface area contributed by atoms with Gasteiger partial charge in [-0.05, 0) is 80.5 Å². The second-order valence-electron chi connectivity index (χ2n) is 7.30. The maximum absolute atomic E-state index is 12.3. The van der Waals surface area contributed by atoms with Crippen molar-refractivity contribution in [2.75, 3.05) is 30.4 Å². The molecule has 1 aliphatic rings. The summed E-state index contributed by atoms with van der Waals surface area (Å²) in [5.41, 5.74) is 4.61. The fourth-order valence-electron chi connectivity index (χ4n) is 3.58.